The van der Waals surface area contributed by atoms with Gasteiger partial charge in [0.2, 0.25) is 0 Å². The molecule has 0 fully saturated rings. The van der Waals surface area contributed by atoms with Gasteiger partial charge >= 0.3 is 0 Å². The summed E-state index contributed by atoms with van der Waals surface area (Å²) in [7, 11) is 1.79. The number of nitrogens with zero attached hydrogens (tertiary/aromatic N) is 6. The zero-order chi connectivity index (χ0) is 23.5. The molecule has 0 saturated carbocycles. The van der Waals surface area contributed by atoms with Gasteiger partial charge in [0, 0.05) is 31.1 Å². The lowest BCUT2D eigenvalue weighted by molar-refractivity contribution is 0.287. The first-order chi connectivity index (χ1) is 16.6. The maximum Gasteiger partial charge on any atom is 0.188 e. The van der Waals surface area contributed by atoms with Crippen molar-refractivity contribution in [2.45, 2.75) is 13.2 Å². The highest BCUT2D eigenvalue weighted by Crippen LogP contribution is 2.43. The number of halogens is 1. The van der Waals surface area contributed by atoms with Gasteiger partial charge in [-0.3, -0.25) is 9.67 Å². The number of nitrogen functional groups attached to an aromatic ring is 1. The molecule has 0 spiro atoms. The Bertz CT molecular complexity index is 1460. The fourth-order valence-corrected chi connectivity index (χ4v) is 3.77. The number of aromatic nitrogens is 6. The second kappa shape index (κ2) is 9.32. The Labute approximate surface area is 200 Å². The van der Waals surface area contributed by atoms with Gasteiger partial charge in [-0.15, -0.1) is 0 Å². The van der Waals surface area contributed by atoms with Crippen molar-refractivity contribution >= 4 is 28.3 Å². The summed E-state index contributed by atoms with van der Waals surface area (Å²) in [4.78, 5) is 17.2. The molecule has 5 rings (SSSR count). The molecule has 2 aromatic carbocycles. The van der Waals surface area contributed by atoms with Crippen molar-refractivity contribution in [1.29, 1.82) is 0 Å². The number of fused-ring (bicyclic) bond motifs is 1. The minimum absolute atomic E-state index is 0.139. The van der Waals surface area contributed by atoms with Crippen molar-refractivity contribution in [3.63, 3.8) is 0 Å². The fraction of sp³-hybridized carbons (Fsp3) is 0.125. The van der Waals surface area contributed by atoms with Crippen LogP contribution in [0.25, 0.3) is 22.0 Å². The third-order valence-electron chi connectivity index (χ3n) is 5.10. The Kier molecular flexibility index (Phi) is 5.92. The average molecular weight is 474 g/mol. The molecule has 0 aliphatic rings. The molecule has 3 heterocycles. The summed E-state index contributed by atoms with van der Waals surface area (Å²) >= 11 is 6.25. The molecule has 2 N–H and O–H groups in total. The standard InChI is InChI=1S/C24H20ClN7O2/c1-32-14-30-20(31-32)12-34-19-8-18(33-11-15-5-3-2-4-6-15)21(16-7-17(25)10-27-9-16)23-22(19)24(26)29-13-28-23/h2-10,13-14H,11-12H2,1H3,(H2,26,28,29). The van der Waals surface area contributed by atoms with E-state index in [1.165, 1.54) is 6.33 Å². The molecule has 0 unspecified atom stereocenters. The van der Waals surface area contributed by atoms with E-state index in [9.17, 15) is 0 Å². The number of hydrogen-bond donors (Lipinski definition) is 1. The highest BCUT2D eigenvalue weighted by atomic mass is 35.5. The first kappa shape index (κ1) is 21.6. The lowest BCUT2D eigenvalue weighted by Gasteiger charge is -2.18. The van der Waals surface area contributed by atoms with Gasteiger partial charge in [-0.25, -0.2) is 15.0 Å². The molecule has 34 heavy (non-hydrogen) atoms. The predicted octanol–water partition coefficient (Wildman–Crippen LogP) is 4.21. The molecule has 0 atom stereocenters. The topological polar surface area (TPSA) is 114 Å². The number of anilines is 1. The third-order valence-corrected chi connectivity index (χ3v) is 5.31. The Morgan fingerprint density at radius 1 is 0.971 bits per heavy atom. The summed E-state index contributed by atoms with van der Waals surface area (Å²) in [6, 6.07) is 13.4. The van der Waals surface area contributed by atoms with Crippen LogP contribution in [0.5, 0.6) is 11.5 Å². The normalized spacial score (nSPS) is 11.0. The number of pyridine rings is 1. The van der Waals surface area contributed by atoms with Crippen LogP contribution in [-0.4, -0.2) is 29.7 Å². The summed E-state index contributed by atoms with van der Waals surface area (Å²) in [6.45, 7) is 0.482. The van der Waals surface area contributed by atoms with Crippen molar-refractivity contribution in [2.75, 3.05) is 5.73 Å². The minimum Gasteiger partial charge on any atom is -0.488 e. The van der Waals surface area contributed by atoms with Gasteiger partial charge in [-0.1, -0.05) is 41.9 Å². The Morgan fingerprint density at radius 3 is 2.56 bits per heavy atom. The first-order valence-electron chi connectivity index (χ1n) is 10.4. The zero-order valence-corrected chi connectivity index (χ0v) is 19.0. The van der Waals surface area contributed by atoms with E-state index in [0.717, 1.165) is 11.1 Å². The van der Waals surface area contributed by atoms with E-state index in [4.69, 9.17) is 26.8 Å². The quantitative estimate of drug-likeness (QED) is 0.374. The smallest absolute Gasteiger partial charge is 0.188 e. The van der Waals surface area contributed by atoms with Gasteiger partial charge in [0.15, 0.2) is 5.82 Å². The largest absolute Gasteiger partial charge is 0.488 e. The molecule has 170 valence electrons. The van der Waals surface area contributed by atoms with Crippen molar-refractivity contribution in [3.8, 4) is 22.6 Å². The predicted molar refractivity (Wildman–Crippen MR) is 128 cm³/mol. The van der Waals surface area contributed by atoms with Crippen LogP contribution in [0.4, 0.5) is 5.82 Å². The van der Waals surface area contributed by atoms with Crippen LogP contribution in [0.15, 0.2) is 67.5 Å². The molecule has 0 saturated heterocycles. The van der Waals surface area contributed by atoms with Gasteiger partial charge in [0.05, 0.1) is 21.5 Å². The maximum atomic E-state index is 6.27. The molecule has 0 amide bonds. The summed E-state index contributed by atoms with van der Waals surface area (Å²) in [5.74, 6) is 1.81. The number of hydrogen-bond acceptors (Lipinski definition) is 8. The number of benzene rings is 2. The zero-order valence-electron chi connectivity index (χ0n) is 18.2. The second-order valence-electron chi connectivity index (χ2n) is 7.52. The van der Waals surface area contributed by atoms with Gasteiger partial charge in [-0.05, 0) is 11.6 Å². The molecule has 0 bridgehead atoms. The van der Waals surface area contributed by atoms with E-state index in [1.54, 1.807) is 42.6 Å². The van der Waals surface area contributed by atoms with Crippen LogP contribution < -0.4 is 15.2 Å². The van der Waals surface area contributed by atoms with Crippen LogP contribution in [0.2, 0.25) is 5.02 Å². The number of rotatable bonds is 7. The SMILES string of the molecule is Cn1cnc(COc2cc(OCc3ccccc3)c(-c3cncc(Cl)c3)c3ncnc(N)c23)n1. The van der Waals surface area contributed by atoms with E-state index in [2.05, 4.69) is 25.0 Å². The van der Waals surface area contributed by atoms with Crippen LogP contribution in [-0.2, 0) is 20.3 Å². The van der Waals surface area contributed by atoms with E-state index in [0.29, 0.717) is 45.4 Å². The summed E-state index contributed by atoms with van der Waals surface area (Å²) in [5, 5.41) is 5.31. The van der Waals surface area contributed by atoms with Crippen LogP contribution in [0, 0.1) is 0 Å². The molecule has 10 heteroatoms. The van der Waals surface area contributed by atoms with E-state index < -0.39 is 0 Å². The summed E-state index contributed by atoms with van der Waals surface area (Å²) < 4.78 is 14.0. The lowest BCUT2D eigenvalue weighted by atomic mass is 10.0. The Hall–Kier alpha value is -4.24. The van der Waals surface area contributed by atoms with E-state index >= 15 is 0 Å². The number of aryl methyl sites for hydroxylation is 1. The third kappa shape index (κ3) is 4.46. The van der Waals surface area contributed by atoms with Crippen LogP contribution in [0.1, 0.15) is 11.4 Å². The van der Waals surface area contributed by atoms with Crippen LogP contribution in [0.3, 0.4) is 0 Å². The maximum absolute atomic E-state index is 6.27. The fourth-order valence-electron chi connectivity index (χ4n) is 3.59. The van der Waals surface area contributed by atoms with Crippen LogP contribution >= 0.6 is 11.6 Å². The van der Waals surface area contributed by atoms with Crippen molar-refractivity contribution in [2.24, 2.45) is 7.05 Å². The van der Waals surface area contributed by atoms with Gasteiger partial charge in [0.1, 0.15) is 43.2 Å². The van der Waals surface area contributed by atoms with E-state index in [1.807, 2.05) is 30.3 Å². The van der Waals surface area contributed by atoms with Crippen molar-refractivity contribution < 1.29 is 9.47 Å². The molecular formula is C24H20ClN7O2. The van der Waals surface area contributed by atoms with Crippen molar-refractivity contribution in [1.82, 2.24) is 29.7 Å². The average Bonchev–Trinajstić information content (AvgIpc) is 3.26. The molecule has 5 aromatic rings. The minimum atomic E-state index is 0.139. The molecule has 9 nitrogen and oxygen atoms in total. The molecular weight excluding hydrogens is 454 g/mol. The summed E-state index contributed by atoms with van der Waals surface area (Å²) in [5.41, 5.74) is 9.27. The van der Waals surface area contributed by atoms with Crippen molar-refractivity contribution in [3.05, 3.63) is 83.9 Å². The van der Waals surface area contributed by atoms with Gasteiger partial charge in [0.25, 0.3) is 0 Å². The Balaban J connectivity index is 1.64. The number of nitrogens with two attached hydrogens (primary N) is 1. The highest BCUT2D eigenvalue weighted by Gasteiger charge is 2.21. The summed E-state index contributed by atoms with van der Waals surface area (Å²) in [6.07, 6.45) is 6.28. The molecule has 0 radical (unpaired) electrons. The van der Waals surface area contributed by atoms with Gasteiger partial charge in [-0.2, -0.15) is 5.10 Å². The molecule has 0 aliphatic heterocycles. The second-order valence-corrected chi connectivity index (χ2v) is 7.96. The van der Waals surface area contributed by atoms with E-state index in [-0.39, 0.29) is 12.4 Å². The monoisotopic (exact) mass is 473 g/mol. The molecule has 3 aromatic heterocycles. The Morgan fingerprint density at radius 2 is 1.79 bits per heavy atom. The lowest BCUT2D eigenvalue weighted by Crippen LogP contribution is -2.05. The van der Waals surface area contributed by atoms with Gasteiger partial charge < -0.3 is 15.2 Å². The molecule has 0 aliphatic carbocycles. The first-order valence-corrected chi connectivity index (χ1v) is 10.8. The number of ether oxygens (including phenoxy) is 2. The highest BCUT2D eigenvalue weighted by molar-refractivity contribution is 6.30.